The third kappa shape index (κ3) is 2.02. The van der Waals surface area contributed by atoms with Crippen molar-refractivity contribution in [3.63, 3.8) is 0 Å². The number of nitrogens with zero attached hydrogens (tertiary/aromatic N) is 2. The molecule has 90 valence electrons. The first kappa shape index (κ1) is 10.6. The molecule has 0 saturated carbocycles. The summed E-state index contributed by atoms with van der Waals surface area (Å²) in [7, 11) is 0. The number of carbonyl (C=O) groups excluding carboxylic acids is 1. The molecule has 3 heteroatoms. The highest BCUT2D eigenvalue weighted by Crippen LogP contribution is 2.25. The first-order valence-corrected chi connectivity index (χ1v) is 6.44. The van der Waals surface area contributed by atoms with Gasteiger partial charge in [0.25, 0.3) is 0 Å². The summed E-state index contributed by atoms with van der Waals surface area (Å²) >= 11 is 0. The van der Waals surface area contributed by atoms with Crippen molar-refractivity contribution in [1.29, 1.82) is 0 Å². The number of carbonyl (C=O) groups is 1. The van der Waals surface area contributed by atoms with Crippen LogP contribution in [0.25, 0.3) is 0 Å². The zero-order chi connectivity index (χ0) is 11.7. The van der Waals surface area contributed by atoms with Crippen LogP contribution in [0.1, 0.15) is 19.3 Å². The van der Waals surface area contributed by atoms with Crippen molar-refractivity contribution in [3.8, 4) is 0 Å². The summed E-state index contributed by atoms with van der Waals surface area (Å²) in [6.45, 7) is 2.50. The molecule has 1 atom stereocenters. The van der Waals surface area contributed by atoms with E-state index in [0.29, 0.717) is 18.5 Å². The van der Waals surface area contributed by atoms with Gasteiger partial charge in [-0.15, -0.1) is 0 Å². The summed E-state index contributed by atoms with van der Waals surface area (Å²) in [6, 6.07) is 10.7. The molecule has 0 radical (unpaired) electrons. The fourth-order valence-electron chi connectivity index (χ4n) is 2.93. The van der Waals surface area contributed by atoms with Gasteiger partial charge in [-0.25, -0.2) is 0 Å². The maximum absolute atomic E-state index is 12.1. The Morgan fingerprint density at radius 2 is 1.94 bits per heavy atom. The lowest BCUT2D eigenvalue weighted by atomic mass is 9.99. The Hall–Kier alpha value is -1.51. The molecular weight excluding hydrogens is 212 g/mol. The molecule has 1 aromatic carbocycles. The summed E-state index contributed by atoms with van der Waals surface area (Å²) < 4.78 is 0. The molecule has 0 aliphatic carbocycles. The molecular formula is C14H18N2O. The first-order chi connectivity index (χ1) is 8.34. The fraction of sp³-hybridized carbons (Fsp3) is 0.500. The highest BCUT2D eigenvalue weighted by molar-refractivity contribution is 5.83. The number of piperidine rings is 1. The van der Waals surface area contributed by atoms with E-state index in [9.17, 15) is 4.79 Å². The van der Waals surface area contributed by atoms with Crippen LogP contribution in [0.4, 0.5) is 5.69 Å². The molecule has 2 saturated heterocycles. The maximum atomic E-state index is 12.1. The van der Waals surface area contributed by atoms with Crippen LogP contribution < -0.4 is 4.90 Å². The fourth-order valence-corrected chi connectivity index (χ4v) is 2.93. The molecule has 1 aromatic rings. The van der Waals surface area contributed by atoms with Gasteiger partial charge >= 0.3 is 0 Å². The molecule has 2 fully saturated rings. The van der Waals surface area contributed by atoms with E-state index in [1.165, 1.54) is 18.5 Å². The van der Waals surface area contributed by atoms with Crippen molar-refractivity contribution in [2.75, 3.05) is 24.5 Å². The third-order valence-electron chi connectivity index (χ3n) is 3.83. The zero-order valence-corrected chi connectivity index (χ0v) is 10.0. The Morgan fingerprint density at radius 1 is 1.12 bits per heavy atom. The van der Waals surface area contributed by atoms with E-state index in [4.69, 9.17) is 0 Å². The molecule has 2 heterocycles. The van der Waals surface area contributed by atoms with Crippen LogP contribution in [0, 0.1) is 0 Å². The number of para-hydroxylation sites is 1. The number of anilines is 1. The average molecular weight is 230 g/mol. The molecule has 0 aromatic heterocycles. The number of benzene rings is 1. The SMILES string of the molecule is O=C1CN(c2ccccc2)CC2CCCCN12. The Kier molecular flexibility index (Phi) is 2.75. The van der Waals surface area contributed by atoms with Gasteiger partial charge in [-0.3, -0.25) is 4.79 Å². The number of fused-ring (bicyclic) bond motifs is 1. The van der Waals surface area contributed by atoms with Crippen LogP contribution in [-0.2, 0) is 4.79 Å². The summed E-state index contributed by atoms with van der Waals surface area (Å²) in [5, 5.41) is 0. The Morgan fingerprint density at radius 3 is 2.76 bits per heavy atom. The van der Waals surface area contributed by atoms with Gasteiger partial charge in [0.1, 0.15) is 0 Å². The van der Waals surface area contributed by atoms with Crippen LogP contribution in [0.5, 0.6) is 0 Å². The number of hydrogen-bond acceptors (Lipinski definition) is 2. The lowest BCUT2D eigenvalue weighted by molar-refractivity contribution is -0.135. The van der Waals surface area contributed by atoms with E-state index in [1.807, 2.05) is 18.2 Å². The van der Waals surface area contributed by atoms with Crippen LogP contribution in [0.3, 0.4) is 0 Å². The van der Waals surface area contributed by atoms with Gasteiger partial charge in [0.05, 0.1) is 6.54 Å². The number of amides is 1. The topological polar surface area (TPSA) is 23.6 Å². The van der Waals surface area contributed by atoms with Crippen molar-refractivity contribution < 1.29 is 4.79 Å². The third-order valence-corrected chi connectivity index (χ3v) is 3.83. The molecule has 2 aliphatic rings. The molecule has 0 N–H and O–H groups in total. The summed E-state index contributed by atoms with van der Waals surface area (Å²) in [5.41, 5.74) is 1.17. The number of hydrogen-bond donors (Lipinski definition) is 0. The Balaban J connectivity index is 1.79. The van der Waals surface area contributed by atoms with Gasteiger partial charge in [0, 0.05) is 24.8 Å². The van der Waals surface area contributed by atoms with Gasteiger partial charge in [-0.05, 0) is 31.4 Å². The Labute approximate surface area is 102 Å². The maximum Gasteiger partial charge on any atom is 0.242 e. The van der Waals surface area contributed by atoms with Crippen LogP contribution in [-0.4, -0.2) is 36.5 Å². The monoisotopic (exact) mass is 230 g/mol. The van der Waals surface area contributed by atoms with Crippen LogP contribution >= 0.6 is 0 Å². The number of rotatable bonds is 1. The van der Waals surface area contributed by atoms with Gasteiger partial charge in [0.15, 0.2) is 0 Å². The van der Waals surface area contributed by atoms with Gasteiger partial charge < -0.3 is 9.80 Å². The van der Waals surface area contributed by atoms with Gasteiger partial charge in [-0.2, -0.15) is 0 Å². The molecule has 3 rings (SSSR count). The van der Waals surface area contributed by atoms with E-state index >= 15 is 0 Å². The molecule has 1 amide bonds. The highest BCUT2D eigenvalue weighted by atomic mass is 16.2. The van der Waals surface area contributed by atoms with E-state index < -0.39 is 0 Å². The van der Waals surface area contributed by atoms with Crippen molar-refractivity contribution in [2.45, 2.75) is 25.3 Å². The minimum Gasteiger partial charge on any atom is -0.360 e. The van der Waals surface area contributed by atoms with Crippen LogP contribution in [0.2, 0.25) is 0 Å². The zero-order valence-electron chi connectivity index (χ0n) is 10.0. The van der Waals surface area contributed by atoms with E-state index in [1.54, 1.807) is 0 Å². The second kappa shape index (κ2) is 4.40. The normalized spacial score (nSPS) is 24.7. The number of piperazine rings is 1. The van der Waals surface area contributed by atoms with E-state index in [-0.39, 0.29) is 0 Å². The molecule has 3 nitrogen and oxygen atoms in total. The first-order valence-electron chi connectivity index (χ1n) is 6.44. The quantitative estimate of drug-likeness (QED) is 0.735. The lowest BCUT2D eigenvalue weighted by Crippen LogP contribution is -2.58. The lowest BCUT2D eigenvalue weighted by Gasteiger charge is -2.44. The molecule has 17 heavy (non-hydrogen) atoms. The summed E-state index contributed by atoms with van der Waals surface area (Å²) in [6.07, 6.45) is 3.60. The largest absolute Gasteiger partial charge is 0.360 e. The van der Waals surface area contributed by atoms with E-state index in [2.05, 4.69) is 21.9 Å². The predicted molar refractivity (Wildman–Crippen MR) is 68.0 cm³/mol. The van der Waals surface area contributed by atoms with Gasteiger partial charge in [-0.1, -0.05) is 18.2 Å². The van der Waals surface area contributed by atoms with Crippen molar-refractivity contribution in [3.05, 3.63) is 30.3 Å². The van der Waals surface area contributed by atoms with Gasteiger partial charge in [0.2, 0.25) is 5.91 Å². The van der Waals surface area contributed by atoms with Crippen LogP contribution in [0.15, 0.2) is 30.3 Å². The minimum absolute atomic E-state index is 0.296. The van der Waals surface area contributed by atoms with Crippen molar-refractivity contribution >= 4 is 11.6 Å². The van der Waals surface area contributed by atoms with Crippen molar-refractivity contribution in [2.24, 2.45) is 0 Å². The molecule has 0 bridgehead atoms. The Bertz CT molecular complexity index is 404. The highest BCUT2D eigenvalue weighted by Gasteiger charge is 2.33. The second-order valence-electron chi connectivity index (χ2n) is 4.95. The van der Waals surface area contributed by atoms with E-state index in [0.717, 1.165) is 19.5 Å². The second-order valence-corrected chi connectivity index (χ2v) is 4.95. The average Bonchev–Trinajstić information content (AvgIpc) is 2.40. The summed E-state index contributed by atoms with van der Waals surface area (Å²) in [5.74, 6) is 0.296. The smallest absolute Gasteiger partial charge is 0.242 e. The standard InChI is InChI=1S/C14H18N2O/c17-14-11-15(12-6-2-1-3-7-12)10-13-8-4-5-9-16(13)14/h1-3,6-7,13H,4-5,8-11H2. The predicted octanol–water partition coefficient (Wildman–Crippen LogP) is 1.89. The minimum atomic E-state index is 0.296. The molecule has 1 unspecified atom stereocenters. The molecule has 0 spiro atoms. The summed E-state index contributed by atoms with van der Waals surface area (Å²) in [4.78, 5) is 16.4. The molecule has 2 aliphatic heterocycles. The van der Waals surface area contributed by atoms with Crippen molar-refractivity contribution in [1.82, 2.24) is 4.90 Å².